The molecule has 0 radical (unpaired) electrons. The lowest BCUT2D eigenvalue weighted by Crippen LogP contribution is -2.33. The molecule has 3 heterocycles. The van der Waals surface area contributed by atoms with Crippen LogP contribution in [0, 0.1) is 18.3 Å². The number of methoxy groups -OCH3 is 2. The maximum atomic E-state index is 13.6. The maximum absolute atomic E-state index is 13.6. The zero-order valence-corrected chi connectivity index (χ0v) is 17.3. The molecule has 8 nitrogen and oxygen atoms in total. The van der Waals surface area contributed by atoms with Crippen LogP contribution in [0.5, 0.6) is 17.2 Å². The van der Waals surface area contributed by atoms with E-state index in [1.807, 2.05) is 0 Å². The molecular weight excluding hydrogens is 398 g/mol. The fraction of sp³-hybridized carbons (Fsp3) is 0.217. The normalized spacial score (nSPS) is 15.1. The lowest BCUT2D eigenvalue weighted by Gasteiger charge is -2.28. The Morgan fingerprint density at radius 1 is 1.23 bits per heavy atom. The molecular formula is C23H21N3O5. The predicted octanol–water partition coefficient (Wildman–Crippen LogP) is 3.03. The SMILES string of the molecule is COc1ccc([C@H]2C(C#N)=C(N)Oc3cc(C)n(Cc4ccco4)c(=O)c32)c(OC)c1. The largest absolute Gasteiger partial charge is 0.497 e. The van der Waals surface area contributed by atoms with Crippen molar-refractivity contribution in [2.24, 2.45) is 5.73 Å². The van der Waals surface area contributed by atoms with Crippen LogP contribution in [0.15, 0.2) is 63.3 Å². The molecule has 2 aromatic heterocycles. The molecule has 0 saturated carbocycles. The van der Waals surface area contributed by atoms with Crippen LogP contribution in [0.4, 0.5) is 0 Å². The summed E-state index contributed by atoms with van der Waals surface area (Å²) in [6, 6.07) is 12.6. The Labute approximate surface area is 178 Å². The lowest BCUT2D eigenvalue weighted by atomic mass is 9.83. The van der Waals surface area contributed by atoms with E-state index in [-0.39, 0.29) is 23.6 Å². The van der Waals surface area contributed by atoms with Crippen molar-refractivity contribution in [1.82, 2.24) is 4.57 Å². The molecule has 1 aliphatic heterocycles. The fourth-order valence-corrected chi connectivity index (χ4v) is 3.81. The molecule has 0 aliphatic carbocycles. The average Bonchev–Trinajstić information content (AvgIpc) is 3.28. The Balaban J connectivity index is 1.97. The number of nitriles is 1. The zero-order valence-electron chi connectivity index (χ0n) is 17.3. The van der Waals surface area contributed by atoms with Gasteiger partial charge in [0.1, 0.15) is 34.7 Å². The Bertz CT molecular complexity index is 1270. The number of hydrogen-bond donors (Lipinski definition) is 1. The Morgan fingerprint density at radius 2 is 2.03 bits per heavy atom. The number of benzene rings is 1. The van der Waals surface area contributed by atoms with Crippen LogP contribution >= 0.6 is 0 Å². The van der Waals surface area contributed by atoms with Gasteiger partial charge in [-0.3, -0.25) is 4.79 Å². The quantitative estimate of drug-likeness (QED) is 0.676. The highest BCUT2D eigenvalue weighted by Crippen LogP contribution is 2.44. The second kappa shape index (κ2) is 7.95. The second-order valence-corrected chi connectivity index (χ2v) is 7.07. The molecule has 1 atom stereocenters. The molecule has 8 heteroatoms. The van der Waals surface area contributed by atoms with Crippen LogP contribution in [-0.2, 0) is 6.54 Å². The van der Waals surface area contributed by atoms with Crippen molar-refractivity contribution in [3.8, 4) is 23.3 Å². The molecule has 0 saturated heterocycles. The molecule has 1 aliphatic rings. The topological polar surface area (TPSA) is 113 Å². The van der Waals surface area contributed by atoms with E-state index in [1.54, 1.807) is 61.3 Å². The summed E-state index contributed by atoms with van der Waals surface area (Å²) in [5.74, 6) is 1.21. The number of rotatable bonds is 5. The number of furan rings is 1. The van der Waals surface area contributed by atoms with Gasteiger partial charge in [0.05, 0.1) is 38.5 Å². The summed E-state index contributed by atoms with van der Waals surface area (Å²) < 4.78 is 23.5. The first-order valence-electron chi connectivity index (χ1n) is 9.54. The van der Waals surface area contributed by atoms with E-state index in [1.165, 1.54) is 7.11 Å². The van der Waals surface area contributed by atoms with Crippen molar-refractivity contribution in [3.05, 3.63) is 87.1 Å². The van der Waals surface area contributed by atoms with Gasteiger partial charge in [-0.1, -0.05) is 6.07 Å². The minimum atomic E-state index is -0.759. The number of ether oxygens (including phenoxy) is 3. The third-order valence-corrected chi connectivity index (χ3v) is 5.34. The summed E-state index contributed by atoms with van der Waals surface area (Å²) in [7, 11) is 3.06. The number of aromatic nitrogens is 1. The summed E-state index contributed by atoms with van der Waals surface area (Å²) in [6.45, 7) is 2.05. The van der Waals surface area contributed by atoms with Gasteiger partial charge in [0, 0.05) is 23.4 Å². The van der Waals surface area contributed by atoms with Crippen LogP contribution in [0.3, 0.4) is 0 Å². The molecule has 4 rings (SSSR count). The first-order chi connectivity index (χ1) is 15.0. The number of fused-ring (bicyclic) bond motifs is 1. The van der Waals surface area contributed by atoms with E-state index in [0.29, 0.717) is 39.8 Å². The van der Waals surface area contributed by atoms with Crippen LogP contribution in [0.2, 0.25) is 0 Å². The summed E-state index contributed by atoms with van der Waals surface area (Å²) >= 11 is 0. The van der Waals surface area contributed by atoms with Gasteiger partial charge >= 0.3 is 0 Å². The number of aryl methyl sites for hydroxylation is 1. The van der Waals surface area contributed by atoms with Gasteiger partial charge in [-0.2, -0.15) is 5.26 Å². The third kappa shape index (κ3) is 3.40. The first-order valence-corrected chi connectivity index (χ1v) is 9.54. The lowest BCUT2D eigenvalue weighted by molar-refractivity contribution is 0.378. The number of nitrogens with two attached hydrogens (primary N) is 1. The van der Waals surface area contributed by atoms with Gasteiger partial charge in [-0.25, -0.2) is 0 Å². The molecule has 31 heavy (non-hydrogen) atoms. The highest BCUT2D eigenvalue weighted by Gasteiger charge is 2.36. The van der Waals surface area contributed by atoms with Gasteiger partial charge in [0.2, 0.25) is 5.88 Å². The van der Waals surface area contributed by atoms with E-state index in [0.717, 1.165) is 0 Å². The van der Waals surface area contributed by atoms with Crippen molar-refractivity contribution in [2.45, 2.75) is 19.4 Å². The summed E-state index contributed by atoms with van der Waals surface area (Å²) in [5, 5.41) is 9.85. The van der Waals surface area contributed by atoms with Crippen LogP contribution in [-0.4, -0.2) is 18.8 Å². The van der Waals surface area contributed by atoms with Crippen molar-refractivity contribution in [2.75, 3.05) is 14.2 Å². The molecule has 1 aromatic carbocycles. The minimum absolute atomic E-state index is 0.0412. The van der Waals surface area contributed by atoms with Crippen molar-refractivity contribution in [3.63, 3.8) is 0 Å². The van der Waals surface area contributed by atoms with Crippen LogP contribution < -0.4 is 25.5 Å². The molecule has 0 fully saturated rings. The van der Waals surface area contributed by atoms with E-state index in [9.17, 15) is 10.1 Å². The third-order valence-electron chi connectivity index (χ3n) is 5.34. The zero-order chi connectivity index (χ0) is 22.1. The van der Waals surface area contributed by atoms with E-state index in [2.05, 4.69) is 6.07 Å². The summed E-state index contributed by atoms with van der Waals surface area (Å²) in [4.78, 5) is 13.6. The maximum Gasteiger partial charge on any atom is 0.259 e. The molecule has 0 amide bonds. The van der Waals surface area contributed by atoms with Crippen LogP contribution in [0.25, 0.3) is 0 Å². The smallest absolute Gasteiger partial charge is 0.259 e. The number of pyridine rings is 1. The van der Waals surface area contributed by atoms with Gasteiger partial charge in [-0.05, 0) is 25.1 Å². The Hall–Kier alpha value is -4.12. The Kier molecular flexibility index (Phi) is 5.17. The van der Waals surface area contributed by atoms with Gasteiger partial charge in [-0.15, -0.1) is 0 Å². The molecule has 0 bridgehead atoms. The van der Waals surface area contributed by atoms with Gasteiger partial charge < -0.3 is 28.9 Å². The molecule has 0 spiro atoms. The fourth-order valence-electron chi connectivity index (χ4n) is 3.81. The van der Waals surface area contributed by atoms with E-state index in [4.69, 9.17) is 24.4 Å². The van der Waals surface area contributed by atoms with E-state index >= 15 is 0 Å². The molecule has 3 aromatic rings. The number of hydrogen-bond acceptors (Lipinski definition) is 7. The Morgan fingerprint density at radius 3 is 2.68 bits per heavy atom. The van der Waals surface area contributed by atoms with Gasteiger partial charge in [0.15, 0.2) is 0 Å². The average molecular weight is 419 g/mol. The molecule has 158 valence electrons. The minimum Gasteiger partial charge on any atom is -0.497 e. The standard InChI is InChI=1S/C23H21N3O5/c1-13-9-19-21(23(27)26(13)12-15-5-4-8-30-15)20(17(11-24)22(25)31-19)16-7-6-14(28-2)10-18(16)29-3/h4-10,20H,12,25H2,1-3H3/t20-/m0/s1. The van der Waals surface area contributed by atoms with Crippen molar-refractivity contribution >= 4 is 0 Å². The van der Waals surface area contributed by atoms with Crippen molar-refractivity contribution in [1.29, 1.82) is 5.26 Å². The van der Waals surface area contributed by atoms with Crippen LogP contribution in [0.1, 0.15) is 28.5 Å². The first kappa shape index (κ1) is 20.2. The molecule has 0 unspecified atom stereocenters. The van der Waals surface area contributed by atoms with Crippen molar-refractivity contribution < 1.29 is 18.6 Å². The summed E-state index contributed by atoms with van der Waals surface area (Å²) in [5.41, 5.74) is 7.51. The summed E-state index contributed by atoms with van der Waals surface area (Å²) in [6.07, 6.45) is 1.56. The second-order valence-electron chi connectivity index (χ2n) is 7.07. The van der Waals surface area contributed by atoms with Gasteiger partial charge in [0.25, 0.3) is 5.56 Å². The molecule has 2 N–H and O–H groups in total. The number of allylic oxidation sites excluding steroid dienone is 1. The van der Waals surface area contributed by atoms with E-state index < -0.39 is 5.92 Å². The predicted molar refractivity (Wildman–Crippen MR) is 112 cm³/mol. The highest BCUT2D eigenvalue weighted by molar-refractivity contribution is 5.59. The number of nitrogens with zero attached hydrogens (tertiary/aromatic N) is 2. The highest BCUT2D eigenvalue weighted by atomic mass is 16.5. The monoisotopic (exact) mass is 419 g/mol.